The molecule has 0 saturated heterocycles. The Morgan fingerprint density at radius 3 is 2.88 bits per heavy atom. The monoisotopic (exact) mass is 220 g/mol. The lowest BCUT2D eigenvalue weighted by Gasteiger charge is -2.05. The van der Waals surface area contributed by atoms with E-state index in [9.17, 15) is 9.18 Å². The fourth-order valence-electron chi connectivity index (χ4n) is 1.20. The number of nitrogens with two attached hydrogens (primary N) is 1. The Bertz CT molecular complexity index is 510. The Kier molecular flexibility index (Phi) is 2.55. The van der Waals surface area contributed by atoms with Crippen LogP contribution in [0.4, 0.5) is 15.8 Å². The van der Waals surface area contributed by atoms with Crippen molar-refractivity contribution in [3.63, 3.8) is 0 Å². The lowest BCUT2D eigenvalue weighted by atomic mass is 10.2. The van der Waals surface area contributed by atoms with Gasteiger partial charge in [0.15, 0.2) is 0 Å². The predicted molar refractivity (Wildman–Crippen MR) is 57.4 cm³/mol. The van der Waals surface area contributed by atoms with Gasteiger partial charge < -0.3 is 11.1 Å². The first-order valence-electron chi connectivity index (χ1n) is 4.52. The van der Waals surface area contributed by atoms with E-state index < -0.39 is 11.7 Å². The van der Waals surface area contributed by atoms with E-state index in [1.54, 1.807) is 0 Å². The summed E-state index contributed by atoms with van der Waals surface area (Å²) in [6.07, 6.45) is 1.44. The number of halogens is 1. The van der Waals surface area contributed by atoms with Gasteiger partial charge in [0.05, 0.1) is 5.69 Å². The Morgan fingerprint density at radius 2 is 2.25 bits per heavy atom. The lowest BCUT2D eigenvalue weighted by molar-refractivity contribution is 0.102. The predicted octanol–water partition coefficient (Wildman–Crippen LogP) is 1.38. The molecule has 0 spiro atoms. The summed E-state index contributed by atoms with van der Waals surface area (Å²) in [5.41, 5.74) is 6.02. The Balaban J connectivity index is 2.18. The van der Waals surface area contributed by atoms with Crippen molar-refractivity contribution in [2.45, 2.75) is 0 Å². The summed E-state index contributed by atoms with van der Waals surface area (Å²) in [5, 5.41) is 8.50. The average molecular weight is 220 g/mol. The molecular weight excluding hydrogens is 211 g/mol. The van der Waals surface area contributed by atoms with Crippen LogP contribution in [0.5, 0.6) is 0 Å². The van der Waals surface area contributed by atoms with Crippen LogP contribution in [0.2, 0.25) is 0 Å². The van der Waals surface area contributed by atoms with Gasteiger partial charge in [-0.15, -0.1) is 0 Å². The van der Waals surface area contributed by atoms with Crippen LogP contribution in [0.3, 0.4) is 0 Å². The standard InChI is InChI=1S/C10H9FN4O/c11-7-5-6(12)1-2-8(7)14-10(16)9-3-4-13-15-9/h1-5H,12H2,(H,13,15)(H,14,16). The highest BCUT2D eigenvalue weighted by atomic mass is 19.1. The first kappa shape index (κ1) is 10.2. The maximum absolute atomic E-state index is 13.3. The van der Waals surface area contributed by atoms with Gasteiger partial charge in [-0.2, -0.15) is 5.10 Å². The van der Waals surface area contributed by atoms with Crippen molar-refractivity contribution in [2.24, 2.45) is 0 Å². The summed E-state index contributed by atoms with van der Waals surface area (Å²) in [7, 11) is 0. The van der Waals surface area contributed by atoms with Gasteiger partial charge in [-0.1, -0.05) is 0 Å². The fraction of sp³-hybridized carbons (Fsp3) is 0. The summed E-state index contributed by atoms with van der Waals surface area (Å²) < 4.78 is 13.3. The molecule has 1 aromatic carbocycles. The quantitative estimate of drug-likeness (QED) is 0.668. The van der Waals surface area contributed by atoms with Crippen molar-refractivity contribution in [3.05, 3.63) is 42.0 Å². The van der Waals surface area contributed by atoms with Gasteiger partial charge in [0.2, 0.25) is 0 Å². The molecule has 0 aliphatic carbocycles. The number of nitrogen functional groups attached to an aromatic ring is 1. The van der Waals surface area contributed by atoms with Crippen molar-refractivity contribution < 1.29 is 9.18 Å². The number of nitrogens with one attached hydrogen (secondary N) is 2. The minimum Gasteiger partial charge on any atom is -0.399 e. The van der Waals surface area contributed by atoms with Gasteiger partial charge in [-0.3, -0.25) is 9.89 Å². The third-order valence-corrected chi connectivity index (χ3v) is 1.99. The molecule has 1 heterocycles. The number of carbonyl (C=O) groups is 1. The average Bonchev–Trinajstić information content (AvgIpc) is 2.75. The van der Waals surface area contributed by atoms with Crippen LogP contribution in [0.25, 0.3) is 0 Å². The SMILES string of the molecule is Nc1ccc(NC(=O)c2ccn[nH]2)c(F)c1. The number of nitrogens with zero attached hydrogens (tertiary/aromatic N) is 1. The largest absolute Gasteiger partial charge is 0.399 e. The van der Waals surface area contributed by atoms with E-state index in [1.165, 1.54) is 24.4 Å². The molecule has 82 valence electrons. The van der Waals surface area contributed by atoms with Gasteiger partial charge in [-0.25, -0.2) is 4.39 Å². The Morgan fingerprint density at radius 1 is 1.44 bits per heavy atom. The number of H-pyrrole nitrogens is 1. The number of carbonyl (C=O) groups excluding carboxylic acids is 1. The third kappa shape index (κ3) is 2.00. The normalized spacial score (nSPS) is 10.1. The van der Waals surface area contributed by atoms with E-state index in [-0.39, 0.29) is 11.4 Å². The molecule has 0 atom stereocenters. The molecule has 1 aromatic heterocycles. The highest BCUT2D eigenvalue weighted by Crippen LogP contribution is 2.17. The highest BCUT2D eigenvalue weighted by Gasteiger charge is 2.09. The highest BCUT2D eigenvalue weighted by molar-refractivity contribution is 6.02. The van der Waals surface area contributed by atoms with Crippen LogP contribution >= 0.6 is 0 Å². The van der Waals surface area contributed by atoms with Crippen molar-refractivity contribution in [1.82, 2.24) is 10.2 Å². The number of hydrogen-bond acceptors (Lipinski definition) is 3. The summed E-state index contributed by atoms with van der Waals surface area (Å²) in [6, 6.07) is 5.54. The number of rotatable bonds is 2. The molecule has 0 aliphatic rings. The smallest absolute Gasteiger partial charge is 0.273 e. The number of benzene rings is 1. The molecule has 16 heavy (non-hydrogen) atoms. The molecule has 2 rings (SSSR count). The fourth-order valence-corrected chi connectivity index (χ4v) is 1.20. The van der Waals surface area contributed by atoms with Gasteiger partial charge in [0.25, 0.3) is 5.91 Å². The second-order valence-corrected chi connectivity index (χ2v) is 3.16. The molecule has 4 N–H and O–H groups in total. The molecule has 1 amide bonds. The topological polar surface area (TPSA) is 83.8 Å². The Hall–Kier alpha value is -2.37. The third-order valence-electron chi connectivity index (χ3n) is 1.99. The molecule has 0 bridgehead atoms. The number of aromatic nitrogens is 2. The van der Waals surface area contributed by atoms with Gasteiger partial charge in [0.1, 0.15) is 11.5 Å². The zero-order valence-electron chi connectivity index (χ0n) is 8.20. The summed E-state index contributed by atoms with van der Waals surface area (Å²) >= 11 is 0. The van der Waals surface area contributed by atoms with E-state index >= 15 is 0 Å². The van der Waals surface area contributed by atoms with Crippen molar-refractivity contribution in [3.8, 4) is 0 Å². The van der Waals surface area contributed by atoms with Crippen LogP contribution in [-0.2, 0) is 0 Å². The molecule has 0 radical (unpaired) electrons. The van der Waals surface area contributed by atoms with Crippen LogP contribution in [0, 0.1) is 5.82 Å². The molecule has 5 nitrogen and oxygen atoms in total. The second kappa shape index (κ2) is 4.01. The van der Waals surface area contributed by atoms with Crippen LogP contribution in [0.1, 0.15) is 10.5 Å². The lowest BCUT2D eigenvalue weighted by Crippen LogP contribution is -2.13. The summed E-state index contributed by atoms with van der Waals surface area (Å²) in [4.78, 5) is 11.5. The first-order valence-corrected chi connectivity index (χ1v) is 4.52. The summed E-state index contributed by atoms with van der Waals surface area (Å²) in [6.45, 7) is 0. The molecule has 2 aromatic rings. The zero-order chi connectivity index (χ0) is 11.5. The van der Waals surface area contributed by atoms with Crippen molar-refractivity contribution in [2.75, 3.05) is 11.1 Å². The van der Waals surface area contributed by atoms with Gasteiger partial charge in [0, 0.05) is 11.9 Å². The van der Waals surface area contributed by atoms with Crippen LogP contribution in [0.15, 0.2) is 30.5 Å². The van der Waals surface area contributed by atoms with E-state index in [1.807, 2.05) is 0 Å². The zero-order valence-corrected chi connectivity index (χ0v) is 8.20. The molecule has 0 aliphatic heterocycles. The van der Waals surface area contributed by atoms with Crippen LogP contribution in [-0.4, -0.2) is 16.1 Å². The van der Waals surface area contributed by atoms with Crippen molar-refractivity contribution in [1.29, 1.82) is 0 Å². The van der Waals surface area contributed by atoms with Gasteiger partial charge >= 0.3 is 0 Å². The maximum Gasteiger partial charge on any atom is 0.273 e. The second-order valence-electron chi connectivity index (χ2n) is 3.16. The van der Waals surface area contributed by atoms with E-state index in [0.717, 1.165) is 6.07 Å². The number of aromatic amines is 1. The van der Waals surface area contributed by atoms with E-state index in [2.05, 4.69) is 15.5 Å². The van der Waals surface area contributed by atoms with E-state index in [4.69, 9.17) is 5.73 Å². The molecule has 0 saturated carbocycles. The number of amides is 1. The number of anilines is 2. The first-order chi connectivity index (χ1) is 7.66. The van der Waals surface area contributed by atoms with Crippen molar-refractivity contribution >= 4 is 17.3 Å². The summed E-state index contributed by atoms with van der Waals surface area (Å²) in [5.74, 6) is -1.03. The minimum atomic E-state index is -0.576. The van der Waals surface area contributed by atoms with Crippen LogP contribution < -0.4 is 11.1 Å². The minimum absolute atomic E-state index is 0.0776. The molecule has 0 unspecified atom stereocenters. The molecule has 0 fully saturated rings. The van der Waals surface area contributed by atoms with Gasteiger partial charge in [-0.05, 0) is 24.3 Å². The Labute approximate surface area is 90.5 Å². The number of hydrogen-bond donors (Lipinski definition) is 3. The molecule has 6 heteroatoms. The maximum atomic E-state index is 13.3. The molecular formula is C10H9FN4O. The van der Waals surface area contributed by atoms with E-state index in [0.29, 0.717) is 5.69 Å².